The van der Waals surface area contributed by atoms with Crippen LogP contribution >= 0.6 is 0 Å². The van der Waals surface area contributed by atoms with E-state index >= 15 is 0 Å². The third-order valence-electron chi connectivity index (χ3n) is 6.79. The summed E-state index contributed by atoms with van der Waals surface area (Å²) in [6, 6.07) is 15.4. The van der Waals surface area contributed by atoms with E-state index in [1.807, 2.05) is 30.3 Å². The molecule has 1 aromatic heterocycles. The minimum atomic E-state index is -4.84. The fourth-order valence-electron chi connectivity index (χ4n) is 4.66. The Balaban J connectivity index is 1.29. The number of para-hydroxylation sites is 1. The zero-order valence-corrected chi connectivity index (χ0v) is 21.6. The van der Waals surface area contributed by atoms with Gasteiger partial charge in [-0.25, -0.2) is 4.98 Å². The van der Waals surface area contributed by atoms with Gasteiger partial charge in [0, 0.05) is 31.2 Å². The average Bonchev–Trinajstić information content (AvgIpc) is 2.94. The Kier molecular flexibility index (Phi) is 9.72. The van der Waals surface area contributed by atoms with Crippen LogP contribution in [0.25, 0.3) is 0 Å². The first-order chi connectivity index (χ1) is 19.2. The van der Waals surface area contributed by atoms with E-state index in [1.54, 1.807) is 6.07 Å². The van der Waals surface area contributed by atoms with E-state index in [2.05, 4.69) is 30.7 Å². The molecule has 1 aliphatic carbocycles. The van der Waals surface area contributed by atoms with Crippen molar-refractivity contribution in [3.8, 4) is 5.75 Å². The van der Waals surface area contributed by atoms with E-state index in [4.69, 9.17) is 0 Å². The number of benzene rings is 2. The van der Waals surface area contributed by atoms with Gasteiger partial charge in [-0.2, -0.15) is 4.98 Å². The van der Waals surface area contributed by atoms with Crippen molar-refractivity contribution >= 4 is 17.5 Å². The van der Waals surface area contributed by atoms with Gasteiger partial charge in [0.15, 0.2) is 0 Å². The quantitative estimate of drug-likeness (QED) is 0.174. The molecule has 1 heterocycles. The Bertz CT molecular complexity index is 1260. The number of aliphatic hydroxyl groups excluding tert-OH is 1. The second kappa shape index (κ2) is 13.4. The monoisotopic (exact) mass is 560 g/mol. The van der Waals surface area contributed by atoms with Gasteiger partial charge in [-0.3, -0.25) is 10.1 Å². The van der Waals surface area contributed by atoms with Gasteiger partial charge in [0.2, 0.25) is 11.8 Å². The zero-order chi connectivity index (χ0) is 28.5. The topological polar surface area (TPSA) is 134 Å². The number of nitro groups is 1. The summed E-state index contributed by atoms with van der Waals surface area (Å²) in [4.78, 5) is 19.1. The molecule has 1 aliphatic rings. The third kappa shape index (κ3) is 8.52. The molecule has 13 heteroatoms. The third-order valence-corrected chi connectivity index (χ3v) is 6.79. The summed E-state index contributed by atoms with van der Waals surface area (Å²) in [6.07, 6.45) is -0.743. The van der Waals surface area contributed by atoms with Crippen LogP contribution < -0.4 is 20.7 Å². The van der Waals surface area contributed by atoms with Gasteiger partial charge in [-0.05, 0) is 43.2 Å². The normalized spacial score (nSPS) is 18.1. The van der Waals surface area contributed by atoms with Gasteiger partial charge in [0.05, 0.1) is 11.0 Å². The molecule has 0 bridgehead atoms. The number of aromatic nitrogens is 2. The first kappa shape index (κ1) is 29.0. The fraction of sp³-hybridized carbons (Fsp3) is 0.407. The van der Waals surface area contributed by atoms with E-state index in [9.17, 15) is 28.4 Å². The maximum atomic E-state index is 12.7. The number of nitrogens with one attached hydrogen (secondary N) is 3. The van der Waals surface area contributed by atoms with Crippen molar-refractivity contribution in [2.45, 2.75) is 50.7 Å². The lowest BCUT2D eigenvalue weighted by Gasteiger charge is -2.30. The van der Waals surface area contributed by atoms with E-state index in [0.29, 0.717) is 13.1 Å². The minimum Gasteiger partial charge on any atom is -0.405 e. The highest BCUT2D eigenvalue weighted by atomic mass is 19.4. The van der Waals surface area contributed by atoms with Crippen LogP contribution in [0.15, 0.2) is 60.8 Å². The number of ether oxygens (including phenoxy) is 1. The van der Waals surface area contributed by atoms with Crippen LogP contribution in [-0.4, -0.2) is 45.5 Å². The number of rotatable bonds is 12. The van der Waals surface area contributed by atoms with Gasteiger partial charge >= 0.3 is 12.0 Å². The summed E-state index contributed by atoms with van der Waals surface area (Å²) in [6.45, 7) is 0.853. The number of halogens is 3. The molecule has 40 heavy (non-hydrogen) atoms. The highest BCUT2D eigenvalue weighted by Gasteiger charge is 2.32. The molecular formula is C27H31F3N6O4. The van der Waals surface area contributed by atoms with Gasteiger partial charge in [0.25, 0.3) is 0 Å². The maximum Gasteiger partial charge on any atom is 0.573 e. The molecule has 4 rings (SSSR count). The number of hydrogen-bond donors (Lipinski definition) is 4. The van der Waals surface area contributed by atoms with Crippen LogP contribution in [0.2, 0.25) is 0 Å². The first-order valence-electron chi connectivity index (χ1n) is 13.0. The molecule has 3 aromatic rings. The molecule has 2 aromatic carbocycles. The molecule has 4 N–H and O–H groups in total. The summed E-state index contributed by atoms with van der Waals surface area (Å²) < 4.78 is 42.2. The Morgan fingerprint density at radius 1 is 1.05 bits per heavy atom. The lowest BCUT2D eigenvalue weighted by molar-refractivity contribution is -0.384. The largest absolute Gasteiger partial charge is 0.573 e. The molecule has 1 fully saturated rings. The standard InChI is InChI=1S/C27H31F3N6O4/c28-27(29,30)40-24-9-5-4-8-20(24)15-33-26-34-16-22(36(38)39)25(35-26)32-14-18-10-12-21(13-11-18)31-17-23(37)19-6-2-1-3-7-19/h1-9,16,18,21,23,31,37H,10-15,17H2,(H2,32,33,34,35)/t18?,21?,23-/m0/s1. The Hall–Kier alpha value is -3.97. The van der Waals surface area contributed by atoms with Crippen LogP contribution in [0.5, 0.6) is 5.75 Å². The van der Waals surface area contributed by atoms with Gasteiger partial charge < -0.3 is 25.8 Å². The molecule has 0 amide bonds. The number of hydrogen-bond acceptors (Lipinski definition) is 9. The summed E-state index contributed by atoms with van der Waals surface area (Å²) in [5.74, 6) is -0.0229. The molecule has 0 saturated heterocycles. The first-order valence-corrected chi connectivity index (χ1v) is 13.0. The Morgan fingerprint density at radius 3 is 2.45 bits per heavy atom. The van der Waals surface area contributed by atoms with E-state index < -0.39 is 17.4 Å². The van der Waals surface area contributed by atoms with Gasteiger partial charge in [0.1, 0.15) is 11.9 Å². The summed E-state index contributed by atoms with van der Waals surface area (Å²) in [7, 11) is 0. The summed E-state index contributed by atoms with van der Waals surface area (Å²) in [5, 5.41) is 31.2. The van der Waals surface area contributed by atoms with Crippen molar-refractivity contribution in [3.05, 3.63) is 82.0 Å². The summed E-state index contributed by atoms with van der Waals surface area (Å²) >= 11 is 0. The zero-order valence-electron chi connectivity index (χ0n) is 21.6. The number of aliphatic hydroxyl groups is 1. The molecule has 1 atom stereocenters. The second-order valence-electron chi connectivity index (χ2n) is 9.63. The maximum absolute atomic E-state index is 12.7. The highest BCUT2D eigenvalue weighted by Crippen LogP contribution is 2.29. The van der Waals surface area contributed by atoms with Crippen molar-refractivity contribution in [2.75, 3.05) is 23.7 Å². The van der Waals surface area contributed by atoms with Crippen molar-refractivity contribution < 1.29 is 27.9 Å². The van der Waals surface area contributed by atoms with E-state index in [0.717, 1.165) is 37.4 Å². The SMILES string of the molecule is O=[N+]([O-])c1cnc(NCc2ccccc2OC(F)(F)F)nc1NCC1CCC(NC[C@H](O)c2ccccc2)CC1. The van der Waals surface area contributed by atoms with Crippen LogP contribution in [0.1, 0.15) is 42.9 Å². The van der Waals surface area contributed by atoms with Gasteiger partial charge in [-0.15, -0.1) is 13.2 Å². The molecular weight excluding hydrogens is 529 g/mol. The summed E-state index contributed by atoms with van der Waals surface area (Å²) in [5.41, 5.74) is 0.793. The van der Waals surface area contributed by atoms with Crippen LogP contribution in [-0.2, 0) is 6.54 Å². The van der Waals surface area contributed by atoms with E-state index in [1.165, 1.54) is 18.2 Å². The lowest BCUT2D eigenvalue weighted by atomic mass is 9.86. The van der Waals surface area contributed by atoms with E-state index in [-0.39, 0.29) is 47.3 Å². The Labute approximate surface area is 229 Å². The van der Waals surface area contributed by atoms with Gasteiger partial charge in [-0.1, -0.05) is 48.5 Å². The van der Waals surface area contributed by atoms with Crippen molar-refractivity contribution in [3.63, 3.8) is 0 Å². The van der Waals surface area contributed by atoms with Crippen LogP contribution in [0, 0.1) is 16.0 Å². The molecule has 0 aliphatic heterocycles. The fourth-order valence-corrected chi connectivity index (χ4v) is 4.66. The molecule has 1 saturated carbocycles. The predicted octanol–water partition coefficient (Wildman–Crippen LogP) is 5.19. The number of anilines is 2. The highest BCUT2D eigenvalue weighted by molar-refractivity contribution is 5.57. The van der Waals surface area contributed by atoms with Crippen molar-refractivity contribution in [1.29, 1.82) is 0 Å². The smallest absolute Gasteiger partial charge is 0.405 e. The predicted molar refractivity (Wildman–Crippen MR) is 143 cm³/mol. The molecule has 0 radical (unpaired) electrons. The average molecular weight is 561 g/mol. The van der Waals surface area contributed by atoms with Crippen molar-refractivity contribution in [2.24, 2.45) is 5.92 Å². The minimum absolute atomic E-state index is 0.0276. The molecule has 0 unspecified atom stereocenters. The number of nitrogens with zero attached hydrogens (tertiary/aromatic N) is 3. The molecule has 0 spiro atoms. The number of alkyl halides is 3. The second-order valence-corrected chi connectivity index (χ2v) is 9.63. The Morgan fingerprint density at radius 2 is 1.75 bits per heavy atom. The molecule has 10 nitrogen and oxygen atoms in total. The van der Waals surface area contributed by atoms with Crippen LogP contribution in [0.4, 0.5) is 30.6 Å². The molecule has 214 valence electrons. The van der Waals surface area contributed by atoms with Crippen molar-refractivity contribution in [1.82, 2.24) is 15.3 Å². The van der Waals surface area contributed by atoms with Crippen LogP contribution in [0.3, 0.4) is 0 Å². The lowest BCUT2D eigenvalue weighted by Crippen LogP contribution is -2.37.